The molecule has 5 N–H and O–H groups in total. The number of amides is 1. The molecule has 0 radical (unpaired) electrons. The number of methoxy groups -OCH3 is 1. The molecule has 4 aromatic rings. The highest BCUT2D eigenvalue weighted by Gasteiger charge is 2.21. The summed E-state index contributed by atoms with van der Waals surface area (Å²) in [7, 11) is 1.52. The van der Waals surface area contributed by atoms with Gasteiger partial charge in [-0.15, -0.1) is 0 Å². The van der Waals surface area contributed by atoms with Crippen molar-refractivity contribution in [1.82, 2.24) is 4.98 Å². The van der Waals surface area contributed by atoms with Gasteiger partial charge in [-0.1, -0.05) is 23.7 Å². The average molecular weight is 542 g/mol. The van der Waals surface area contributed by atoms with Crippen LogP contribution < -0.4 is 21.1 Å². The van der Waals surface area contributed by atoms with Crippen molar-refractivity contribution in [3.8, 4) is 40.0 Å². The number of nitriles is 1. The molecule has 1 heterocycles. The summed E-state index contributed by atoms with van der Waals surface area (Å²) in [5.41, 5.74) is 7.21. The summed E-state index contributed by atoms with van der Waals surface area (Å²) in [5.74, 6) is -0.0413. The largest absolute Gasteiger partial charge is 0.507 e. The third kappa shape index (κ3) is 6.15. The zero-order chi connectivity index (χ0) is 28.2. The predicted molar refractivity (Wildman–Crippen MR) is 150 cm³/mol. The lowest BCUT2D eigenvalue weighted by atomic mass is 9.97. The maximum absolute atomic E-state index is 13.1. The topological polar surface area (TPSA) is 150 Å². The van der Waals surface area contributed by atoms with Crippen LogP contribution >= 0.6 is 11.6 Å². The van der Waals surface area contributed by atoms with Gasteiger partial charge in [-0.05, 0) is 73.2 Å². The summed E-state index contributed by atoms with van der Waals surface area (Å²) in [6.07, 6.45) is 0.584. The first kappa shape index (κ1) is 27.1. The summed E-state index contributed by atoms with van der Waals surface area (Å²) in [5, 5.41) is 26.7. The summed E-state index contributed by atoms with van der Waals surface area (Å²) in [4.78, 5) is 29.0. The molecule has 0 aliphatic heterocycles. The first-order chi connectivity index (χ1) is 18.6. The quantitative estimate of drug-likeness (QED) is 0.176. The van der Waals surface area contributed by atoms with Crippen LogP contribution in [-0.4, -0.2) is 35.1 Å². The number of anilines is 2. The van der Waals surface area contributed by atoms with Gasteiger partial charge in [0.05, 0.1) is 12.8 Å². The van der Waals surface area contributed by atoms with Gasteiger partial charge in [0, 0.05) is 27.4 Å². The highest BCUT2D eigenvalue weighted by atomic mass is 35.5. The maximum Gasteiger partial charge on any atom is 0.256 e. The Morgan fingerprint density at radius 2 is 1.87 bits per heavy atom. The number of pyridine rings is 1. The normalized spacial score (nSPS) is 12.1. The van der Waals surface area contributed by atoms with Crippen LogP contribution in [0, 0.1) is 11.3 Å². The molecular weight excluding hydrogens is 518 g/mol. The highest BCUT2D eigenvalue weighted by Crippen LogP contribution is 2.37. The molecule has 0 unspecified atom stereocenters. The molecule has 0 saturated carbocycles. The van der Waals surface area contributed by atoms with Crippen LogP contribution in [0.5, 0.6) is 11.5 Å². The summed E-state index contributed by atoms with van der Waals surface area (Å²) < 4.78 is 5.15. The van der Waals surface area contributed by atoms with Crippen molar-refractivity contribution in [2.45, 2.75) is 12.6 Å². The number of nitrogens with zero attached hydrogens (tertiary/aromatic N) is 2. The number of aromatic nitrogens is 1. The predicted octanol–water partition coefficient (Wildman–Crippen LogP) is 5.19. The summed E-state index contributed by atoms with van der Waals surface area (Å²) in [6, 6.07) is 21.7. The third-order valence-electron chi connectivity index (χ3n) is 5.78. The second kappa shape index (κ2) is 11.2. The van der Waals surface area contributed by atoms with Crippen molar-refractivity contribution < 1.29 is 19.4 Å². The summed E-state index contributed by atoms with van der Waals surface area (Å²) in [6.45, 7) is 1.52. The van der Waals surface area contributed by atoms with Gasteiger partial charge in [0.2, 0.25) is 0 Å². The number of hydrogen-bond acceptors (Lipinski definition) is 8. The van der Waals surface area contributed by atoms with Crippen LogP contribution in [0.3, 0.4) is 0 Å². The first-order valence-corrected chi connectivity index (χ1v) is 12.0. The standard InChI is InChI=1S/C29H24ClN5O4/c1-29(32,16-36)35-20-5-3-4-18(12-20)23-14-25(22-11-8-19(30)13-26(22)37)33-27(24(23)15-31)34-28(38)17-6-9-21(39-2)10-7-17/h3-14,16,35,37H,32H2,1-2H3,(H,33,34,38)/t29-/m0/s1. The Bertz CT molecular complexity index is 1600. The van der Waals surface area contributed by atoms with E-state index in [1.807, 2.05) is 0 Å². The molecule has 4 rings (SSSR count). The minimum absolute atomic E-state index is 0.00455. The Labute approximate surface area is 229 Å². The fraction of sp³-hybridized carbons (Fsp3) is 0.103. The van der Waals surface area contributed by atoms with Crippen molar-refractivity contribution in [3.63, 3.8) is 0 Å². The van der Waals surface area contributed by atoms with Crippen molar-refractivity contribution in [3.05, 3.63) is 88.9 Å². The van der Waals surface area contributed by atoms with E-state index in [1.165, 1.54) is 20.1 Å². The van der Waals surface area contributed by atoms with E-state index in [4.69, 9.17) is 22.1 Å². The van der Waals surface area contributed by atoms with E-state index in [2.05, 4.69) is 21.7 Å². The van der Waals surface area contributed by atoms with E-state index in [-0.39, 0.29) is 22.8 Å². The van der Waals surface area contributed by atoms with E-state index in [0.29, 0.717) is 45.0 Å². The Hall–Kier alpha value is -4.91. The van der Waals surface area contributed by atoms with E-state index in [9.17, 15) is 20.0 Å². The molecule has 10 heteroatoms. The molecule has 0 bridgehead atoms. The number of phenolic OH excluding ortho intramolecular Hbond substituents is 1. The van der Waals surface area contributed by atoms with Gasteiger partial charge in [0.25, 0.3) is 5.91 Å². The van der Waals surface area contributed by atoms with Crippen LogP contribution in [0.2, 0.25) is 5.02 Å². The number of carbonyl (C=O) groups excluding carboxylic acids is 2. The highest BCUT2D eigenvalue weighted by molar-refractivity contribution is 6.30. The number of ether oxygens (including phenoxy) is 1. The van der Waals surface area contributed by atoms with E-state index in [1.54, 1.807) is 66.7 Å². The number of phenols is 1. The van der Waals surface area contributed by atoms with Gasteiger partial charge in [-0.2, -0.15) is 5.26 Å². The van der Waals surface area contributed by atoms with Gasteiger partial charge in [0.1, 0.15) is 28.8 Å². The Kier molecular flexibility index (Phi) is 7.81. The van der Waals surface area contributed by atoms with Crippen LogP contribution in [-0.2, 0) is 4.79 Å². The molecule has 0 aliphatic carbocycles. The second-order valence-electron chi connectivity index (χ2n) is 8.84. The molecule has 1 atom stereocenters. The molecule has 0 spiro atoms. The molecule has 1 aromatic heterocycles. The molecule has 9 nitrogen and oxygen atoms in total. The van der Waals surface area contributed by atoms with Crippen molar-refractivity contribution in [2.24, 2.45) is 5.73 Å². The molecule has 196 valence electrons. The number of benzene rings is 3. The average Bonchev–Trinajstić information content (AvgIpc) is 2.92. The molecule has 39 heavy (non-hydrogen) atoms. The molecule has 0 fully saturated rings. The van der Waals surface area contributed by atoms with Gasteiger partial charge in [-0.3, -0.25) is 9.59 Å². The maximum atomic E-state index is 13.1. The Morgan fingerprint density at radius 1 is 1.13 bits per heavy atom. The van der Waals surface area contributed by atoms with E-state index in [0.717, 1.165) is 0 Å². The number of hydrogen-bond donors (Lipinski definition) is 4. The van der Waals surface area contributed by atoms with Crippen LogP contribution in [0.25, 0.3) is 22.4 Å². The molecule has 3 aromatic carbocycles. The Morgan fingerprint density at radius 3 is 2.51 bits per heavy atom. The molecule has 0 aliphatic rings. The third-order valence-corrected chi connectivity index (χ3v) is 6.02. The van der Waals surface area contributed by atoms with Gasteiger partial charge >= 0.3 is 0 Å². The van der Waals surface area contributed by atoms with Crippen molar-refractivity contribution >= 4 is 35.3 Å². The van der Waals surface area contributed by atoms with Crippen molar-refractivity contribution in [2.75, 3.05) is 17.7 Å². The Balaban J connectivity index is 1.87. The lowest BCUT2D eigenvalue weighted by molar-refractivity contribution is -0.111. The lowest BCUT2D eigenvalue weighted by Gasteiger charge is -2.21. The number of carbonyl (C=O) groups is 2. The minimum atomic E-state index is -1.31. The number of nitrogens with one attached hydrogen (secondary N) is 2. The zero-order valence-corrected chi connectivity index (χ0v) is 21.8. The SMILES string of the molecule is COc1ccc(C(=O)Nc2nc(-c3ccc(Cl)cc3O)cc(-c3cccc(N[C@](C)(N)C=O)c3)c2C#N)cc1. The van der Waals surface area contributed by atoms with Gasteiger partial charge in [-0.25, -0.2) is 4.98 Å². The van der Waals surface area contributed by atoms with Crippen LogP contribution in [0.4, 0.5) is 11.5 Å². The minimum Gasteiger partial charge on any atom is -0.507 e. The van der Waals surface area contributed by atoms with Gasteiger partial charge < -0.3 is 26.2 Å². The number of nitrogens with two attached hydrogens (primary N) is 1. The number of rotatable bonds is 8. The molecular formula is C29H24ClN5O4. The zero-order valence-electron chi connectivity index (χ0n) is 21.0. The fourth-order valence-corrected chi connectivity index (χ4v) is 4.03. The fourth-order valence-electron chi connectivity index (χ4n) is 3.86. The van der Waals surface area contributed by atoms with Crippen LogP contribution in [0.1, 0.15) is 22.8 Å². The number of halogens is 1. The smallest absolute Gasteiger partial charge is 0.256 e. The number of aromatic hydroxyl groups is 1. The number of aldehydes is 1. The molecule has 1 amide bonds. The molecule has 0 saturated heterocycles. The lowest BCUT2D eigenvalue weighted by Crippen LogP contribution is -2.46. The van der Waals surface area contributed by atoms with E-state index >= 15 is 0 Å². The second-order valence-corrected chi connectivity index (χ2v) is 9.28. The first-order valence-electron chi connectivity index (χ1n) is 11.7. The van der Waals surface area contributed by atoms with Gasteiger partial charge in [0.15, 0.2) is 12.1 Å². The van der Waals surface area contributed by atoms with Crippen LogP contribution in [0.15, 0.2) is 72.8 Å². The monoisotopic (exact) mass is 541 g/mol. The van der Waals surface area contributed by atoms with Crippen molar-refractivity contribution in [1.29, 1.82) is 5.26 Å². The summed E-state index contributed by atoms with van der Waals surface area (Å²) >= 11 is 6.02. The van der Waals surface area contributed by atoms with E-state index < -0.39 is 11.6 Å².